The molecule has 0 amide bonds. The molecule has 0 aliphatic heterocycles. The lowest BCUT2D eigenvalue weighted by atomic mass is 10.1. The van der Waals surface area contributed by atoms with Gasteiger partial charge in [0.15, 0.2) is 10.7 Å². The van der Waals surface area contributed by atoms with Gasteiger partial charge in [-0.1, -0.05) is 48.2 Å². The van der Waals surface area contributed by atoms with Gasteiger partial charge in [0.25, 0.3) is 0 Å². The lowest BCUT2D eigenvalue weighted by Gasteiger charge is -1.99. The number of oxazole rings is 1. The first-order chi connectivity index (χ1) is 9.72. The summed E-state index contributed by atoms with van der Waals surface area (Å²) in [5.41, 5.74) is 3.84. The molecule has 3 rings (SSSR count). The molecule has 1 heterocycles. The van der Waals surface area contributed by atoms with Gasteiger partial charge in [0, 0.05) is 6.92 Å². The van der Waals surface area contributed by atoms with Crippen molar-refractivity contribution in [3.63, 3.8) is 0 Å². The molecular weight excluding hydrogens is 270 g/mol. The largest absolute Gasteiger partial charge is 0.440 e. The Morgan fingerprint density at radius 3 is 2.70 bits per heavy atom. The molecule has 2 aromatic carbocycles. The fourth-order valence-electron chi connectivity index (χ4n) is 2.01. The lowest BCUT2D eigenvalue weighted by Crippen LogP contribution is -1.84. The monoisotopic (exact) mass is 283 g/mol. The first-order valence-electron chi connectivity index (χ1n) is 6.30. The molecule has 0 radical (unpaired) electrons. The molecule has 0 N–H and O–H groups in total. The standard InChI is InChI=1S/C16H13NO2S/c1-11(18)20-10-16-17-14-9-13(7-8-15(14)19-16)12-5-3-2-4-6-12/h2-9H,10H2,1H3. The van der Waals surface area contributed by atoms with E-state index in [1.165, 1.54) is 11.8 Å². The minimum absolute atomic E-state index is 0.0669. The van der Waals surface area contributed by atoms with E-state index in [4.69, 9.17) is 4.42 Å². The molecule has 4 heteroatoms. The van der Waals surface area contributed by atoms with Gasteiger partial charge in [-0.2, -0.15) is 0 Å². The minimum atomic E-state index is 0.0669. The first-order valence-corrected chi connectivity index (χ1v) is 7.29. The predicted octanol–water partition coefficient (Wildman–Crippen LogP) is 4.27. The number of hydrogen-bond donors (Lipinski definition) is 0. The Hall–Kier alpha value is -2.07. The summed E-state index contributed by atoms with van der Waals surface area (Å²) in [7, 11) is 0. The number of nitrogens with zero attached hydrogens (tertiary/aromatic N) is 1. The van der Waals surface area contributed by atoms with Gasteiger partial charge < -0.3 is 4.42 Å². The zero-order valence-electron chi connectivity index (χ0n) is 11.0. The van der Waals surface area contributed by atoms with Crippen LogP contribution in [0.4, 0.5) is 0 Å². The summed E-state index contributed by atoms with van der Waals surface area (Å²) >= 11 is 1.21. The lowest BCUT2D eigenvalue weighted by molar-refractivity contribution is -0.109. The van der Waals surface area contributed by atoms with E-state index in [9.17, 15) is 4.79 Å². The van der Waals surface area contributed by atoms with Crippen LogP contribution in [0.3, 0.4) is 0 Å². The molecule has 0 saturated carbocycles. The van der Waals surface area contributed by atoms with Crippen LogP contribution < -0.4 is 0 Å². The second-order valence-electron chi connectivity index (χ2n) is 4.44. The van der Waals surface area contributed by atoms with E-state index in [0.717, 1.165) is 22.2 Å². The van der Waals surface area contributed by atoms with Crippen molar-refractivity contribution in [2.24, 2.45) is 0 Å². The molecule has 3 aromatic rings. The van der Waals surface area contributed by atoms with Gasteiger partial charge in [0.1, 0.15) is 5.52 Å². The third-order valence-corrected chi connectivity index (χ3v) is 3.74. The van der Waals surface area contributed by atoms with Crippen molar-refractivity contribution in [3.05, 3.63) is 54.4 Å². The maximum absolute atomic E-state index is 11.0. The van der Waals surface area contributed by atoms with Crippen LogP contribution in [-0.2, 0) is 10.5 Å². The Balaban J connectivity index is 1.93. The van der Waals surface area contributed by atoms with Crippen molar-refractivity contribution in [2.75, 3.05) is 0 Å². The summed E-state index contributed by atoms with van der Waals surface area (Å²) < 4.78 is 5.63. The highest BCUT2D eigenvalue weighted by Crippen LogP contribution is 2.25. The van der Waals surface area contributed by atoms with Crippen LogP contribution >= 0.6 is 11.8 Å². The number of carbonyl (C=O) groups is 1. The molecule has 1 aromatic heterocycles. The highest BCUT2D eigenvalue weighted by molar-refractivity contribution is 8.12. The summed E-state index contributed by atoms with van der Waals surface area (Å²) in [6.07, 6.45) is 0. The summed E-state index contributed by atoms with van der Waals surface area (Å²) in [5.74, 6) is 1.07. The van der Waals surface area contributed by atoms with Crippen LogP contribution in [0.5, 0.6) is 0 Å². The summed E-state index contributed by atoms with van der Waals surface area (Å²) in [4.78, 5) is 15.4. The van der Waals surface area contributed by atoms with Crippen LogP contribution in [0.2, 0.25) is 0 Å². The van der Waals surface area contributed by atoms with Gasteiger partial charge in [0.2, 0.25) is 5.89 Å². The summed E-state index contributed by atoms with van der Waals surface area (Å²) in [6, 6.07) is 16.1. The zero-order chi connectivity index (χ0) is 13.9. The second-order valence-corrected chi connectivity index (χ2v) is 5.59. The zero-order valence-corrected chi connectivity index (χ0v) is 11.8. The Labute approximate surface area is 121 Å². The number of benzene rings is 2. The van der Waals surface area contributed by atoms with E-state index in [-0.39, 0.29) is 5.12 Å². The molecule has 20 heavy (non-hydrogen) atoms. The van der Waals surface area contributed by atoms with E-state index < -0.39 is 0 Å². The van der Waals surface area contributed by atoms with Crippen molar-refractivity contribution in [1.29, 1.82) is 0 Å². The quantitative estimate of drug-likeness (QED) is 0.719. The molecule has 0 aliphatic rings. The van der Waals surface area contributed by atoms with E-state index in [2.05, 4.69) is 17.1 Å². The molecule has 0 fully saturated rings. The Morgan fingerprint density at radius 1 is 1.15 bits per heavy atom. The summed E-state index contributed by atoms with van der Waals surface area (Å²) in [5, 5.41) is 0.0669. The van der Waals surface area contributed by atoms with Crippen molar-refractivity contribution < 1.29 is 9.21 Å². The highest BCUT2D eigenvalue weighted by Gasteiger charge is 2.08. The average molecular weight is 283 g/mol. The maximum atomic E-state index is 11.0. The van der Waals surface area contributed by atoms with Gasteiger partial charge >= 0.3 is 0 Å². The second kappa shape index (κ2) is 5.51. The van der Waals surface area contributed by atoms with Crippen molar-refractivity contribution >= 4 is 28.0 Å². The van der Waals surface area contributed by atoms with Crippen LogP contribution in [0.25, 0.3) is 22.2 Å². The number of carbonyl (C=O) groups excluding carboxylic acids is 1. The minimum Gasteiger partial charge on any atom is -0.440 e. The van der Waals surface area contributed by atoms with Gasteiger partial charge in [-0.3, -0.25) is 4.79 Å². The molecule has 100 valence electrons. The first kappa shape index (κ1) is 12.9. The average Bonchev–Trinajstić information content (AvgIpc) is 2.88. The van der Waals surface area contributed by atoms with E-state index in [0.29, 0.717) is 11.6 Å². The number of hydrogen-bond acceptors (Lipinski definition) is 4. The Kier molecular flexibility index (Phi) is 3.56. The Bertz CT molecular complexity index is 750. The Morgan fingerprint density at radius 2 is 1.95 bits per heavy atom. The number of aromatic nitrogens is 1. The van der Waals surface area contributed by atoms with Crippen LogP contribution in [-0.4, -0.2) is 10.1 Å². The van der Waals surface area contributed by atoms with Gasteiger partial charge in [-0.15, -0.1) is 0 Å². The number of thioether (sulfide) groups is 1. The van der Waals surface area contributed by atoms with Crippen molar-refractivity contribution in [3.8, 4) is 11.1 Å². The van der Waals surface area contributed by atoms with E-state index >= 15 is 0 Å². The van der Waals surface area contributed by atoms with Crippen LogP contribution in [0.1, 0.15) is 12.8 Å². The third kappa shape index (κ3) is 2.75. The summed E-state index contributed by atoms with van der Waals surface area (Å²) in [6.45, 7) is 1.54. The van der Waals surface area contributed by atoms with E-state index in [1.807, 2.05) is 36.4 Å². The molecule has 0 bridgehead atoms. The molecule has 3 nitrogen and oxygen atoms in total. The van der Waals surface area contributed by atoms with Gasteiger partial charge in [-0.25, -0.2) is 4.98 Å². The van der Waals surface area contributed by atoms with Crippen LogP contribution in [0, 0.1) is 0 Å². The SMILES string of the molecule is CC(=O)SCc1nc2cc(-c3ccccc3)ccc2o1. The molecule has 0 spiro atoms. The molecule has 0 saturated heterocycles. The van der Waals surface area contributed by atoms with Gasteiger partial charge in [0.05, 0.1) is 5.75 Å². The highest BCUT2D eigenvalue weighted by atomic mass is 32.2. The predicted molar refractivity (Wildman–Crippen MR) is 81.4 cm³/mol. The van der Waals surface area contributed by atoms with Crippen LogP contribution in [0.15, 0.2) is 52.9 Å². The number of rotatable bonds is 3. The van der Waals surface area contributed by atoms with Gasteiger partial charge in [-0.05, 0) is 23.3 Å². The van der Waals surface area contributed by atoms with E-state index in [1.54, 1.807) is 6.92 Å². The smallest absolute Gasteiger partial charge is 0.205 e. The topological polar surface area (TPSA) is 43.1 Å². The fourth-order valence-corrected chi connectivity index (χ4v) is 2.46. The maximum Gasteiger partial charge on any atom is 0.205 e. The molecular formula is C16H13NO2S. The fraction of sp³-hybridized carbons (Fsp3) is 0.125. The van der Waals surface area contributed by atoms with Crippen molar-refractivity contribution in [1.82, 2.24) is 4.98 Å². The van der Waals surface area contributed by atoms with Crippen molar-refractivity contribution in [2.45, 2.75) is 12.7 Å². The molecule has 0 atom stereocenters. The molecule has 0 aliphatic carbocycles. The molecule has 0 unspecified atom stereocenters. The normalized spacial score (nSPS) is 10.8. The number of fused-ring (bicyclic) bond motifs is 1. The third-order valence-electron chi connectivity index (χ3n) is 2.94.